The second kappa shape index (κ2) is 7.79. The predicted octanol–water partition coefficient (Wildman–Crippen LogP) is 5.42. The average Bonchev–Trinajstić information content (AvgIpc) is 2.47. The standard InChI is InChI=1S/C17H18Cl2FN/c1-2-10-21-17(12-6-8-13(20)9-7-12)11-14-15(18)4-3-5-16(14)19/h3-9,17,21H,2,10-11H2,1H3. The number of rotatable bonds is 6. The Balaban J connectivity index is 2.26. The Morgan fingerprint density at radius 2 is 1.67 bits per heavy atom. The van der Waals surface area contributed by atoms with Gasteiger partial charge in [-0.2, -0.15) is 0 Å². The highest BCUT2D eigenvalue weighted by Crippen LogP contribution is 2.29. The van der Waals surface area contributed by atoms with Gasteiger partial charge in [-0.1, -0.05) is 48.3 Å². The van der Waals surface area contributed by atoms with E-state index in [1.807, 2.05) is 18.2 Å². The number of nitrogens with one attached hydrogen (secondary N) is 1. The van der Waals surface area contributed by atoms with E-state index in [0.717, 1.165) is 24.1 Å². The summed E-state index contributed by atoms with van der Waals surface area (Å²) in [7, 11) is 0. The zero-order chi connectivity index (χ0) is 15.2. The lowest BCUT2D eigenvalue weighted by atomic mass is 9.98. The van der Waals surface area contributed by atoms with Crippen LogP contribution in [0, 0.1) is 5.82 Å². The normalized spacial score (nSPS) is 12.4. The molecule has 0 aromatic heterocycles. The van der Waals surface area contributed by atoms with E-state index in [2.05, 4.69) is 12.2 Å². The van der Waals surface area contributed by atoms with Gasteiger partial charge in [0, 0.05) is 16.1 Å². The summed E-state index contributed by atoms with van der Waals surface area (Å²) in [4.78, 5) is 0. The van der Waals surface area contributed by atoms with E-state index in [1.54, 1.807) is 12.1 Å². The van der Waals surface area contributed by atoms with Crippen LogP contribution >= 0.6 is 23.2 Å². The molecule has 2 aromatic carbocycles. The van der Waals surface area contributed by atoms with Gasteiger partial charge in [0.2, 0.25) is 0 Å². The van der Waals surface area contributed by atoms with E-state index >= 15 is 0 Å². The Hall–Kier alpha value is -1.09. The molecular weight excluding hydrogens is 308 g/mol. The van der Waals surface area contributed by atoms with Crippen LogP contribution in [0.15, 0.2) is 42.5 Å². The van der Waals surface area contributed by atoms with Crippen LogP contribution in [0.5, 0.6) is 0 Å². The van der Waals surface area contributed by atoms with Gasteiger partial charge in [0.15, 0.2) is 0 Å². The van der Waals surface area contributed by atoms with E-state index in [1.165, 1.54) is 12.1 Å². The minimum atomic E-state index is -0.233. The van der Waals surface area contributed by atoms with Gasteiger partial charge in [-0.3, -0.25) is 0 Å². The van der Waals surface area contributed by atoms with Crippen LogP contribution in [0.25, 0.3) is 0 Å². The molecule has 0 aliphatic heterocycles. The zero-order valence-corrected chi connectivity index (χ0v) is 13.4. The van der Waals surface area contributed by atoms with Gasteiger partial charge >= 0.3 is 0 Å². The van der Waals surface area contributed by atoms with Crippen LogP contribution in [-0.4, -0.2) is 6.54 Å². The van der Waals surface area contributed by atoms with Crippen LogP contribution in [0.2, 0.25) is 10.0 Å². The van der Waals surface area contributed by atoms with Gasteiger partial charge in [0.25, 0.3) is 0 Å². The molecule has 1 nitrogen and oxygen atoms in total. The molecule has 0 fully saturated rings. The maximum atomic E-state index is 13.1. The highest BCUT2D eigenvalue weighted by Gasteiger charge is 2.15. The molecule has 0 heterocycles. The van der Waals surface area contributed by atoms with Crippen LogP contribution in [0.4, 0.5) is 4.39 Å². The van der Waals surface area contributed by atoms with Gasteiger partial charge in [0.1, 0.15) is 5.82 Å². The maximum Gasteiger partial charge on any atom is 0.123 e. The largest absolute Gasteiger partial charge is 0.310 e. The SMILES string of the molecule is CCCNC(Cc1c(Cl)cccc1Cl)c1ccc(F)cc1. The minimum absolute atomic E-state index is 0.0583. The fraction of sp³-hybridized carbons (Fsp3) is 0.294. The van der Waals surface area contributed by atoms with Gasteiger partial charge < -0.3 is 5.32 Å². The average molecular weight is 326 g/mol. The van der Waals surface area contributed by atoms with E-state index in [0.29, 0.717) is 16.5 Å². The molecule has 2 aromatic rings. The Labute approximate surface area is 135 Å². The molecule has 1 unspecified atom stereocenters. The summed E-state index contributed by atoms with van der Waals surface area (Å²) in [6.07, 6.45) is 1.69. The van der Waals surface area contributed by atoms with Crippen molar-refractivity contribution in [3.63, 3.8) is 0 Å². The molecule has 0 bridgehead atoms. The number of benzene rings is 2. The summed E-state index contributed by atoms with van der Waals surface area (Å²) >= 11 is 12.5. The van der Waals surface area contributed by atoms with E-state index in [9.17, 15) is 4.39 Å². The molecule has 0 aliphatic rings. The van der Waals surface area contributed by atoms with Gasteiger partial charge in [0.05, 0.1) is 0 Å². The highest BCUT2D eigenvalue weighted by atomic mass is 35.5. The molecule has 0 radical (unpaired) electrons. The first kappa shape index (κ1) is 16.3. The molecule has 0 spiro atoms. The number of halogens is 3. The van der Waals surface area contributed by atoms with E-state index < -0.39 is 0 Å². The molecular formula is C17H18Cl2FN. The summed E-state index contributed by atoms with van der Waals surface area (Å²) in [5.41, 5.74) is 1.94. The maximum absolute atomic E-state index is 13.1. The lowest BCUT2D eigenvalue weighted by Gasteiger charge is -2.20. The second-order valence-electron chi connectivity index (χ2n) is 4.96. The topological polar surface area (TPSA) is 12.0 Å². The molecule has 2 rings (SSSR count). The van der Waals surface area contributed by atoms with Gasteiger partial charge in [-0.25, -0.2) is 4.39 Å². The van der Waals surface area contributed by atoms with Crippen molar-refractivity contribution in [2.75, 3.05) is 6.54 Å². The van der Waals surface area contributed by atoms with Crippen LogP contribution in [0.3, 0.4) is 0 Å². The van der Waals surface area contributed by atoms with Crippen LogP contribution < -0.4 is 5.32 Å². The molecule has 4 heteroatoms. The Bertz CT molecular complexity index is 564. The van der Waals surface area contributed by atoms with Crippen molar-refractivity contribution in [2.24, 2.45) is 0 Å². The summed E-state index contributed by atoms with van der Waals surface area (Å²) < 4.78 is 13.1. The van der Waals surface area contributed by atoms with E-state index in [4.69, 9.17) is 23.2 Å². The number of hydrogen-bond acceptors (Lipinski definition) is 1. The van der Waals surface area contributed by atoms with Crippen molar-refractivity contribution >= 4 is 23.2 Å². The van der Waals surface area contributed by atoms with Gasteiger partial charge in [-0.05, 0) is 54.8 Å². The minimum Gasteiger partial charge on any atom is -0.310 e. The first-order valence-corrected chi connectivity index (χ1v) is 7.79. The van der Waals surface area contributed by atoms with E-state index in [-0.39, 0.29) is 11.9 Å². The Morgan fingerprint density at radius 3 is 2.24 bits per heavy atom. The summed E-state index contributed by atoms with van der Waals surface area (Å²) in [5, 5.41) is 4.79. The second-order valence-corrected chi connectivity index (χ2v) is 5.78. The third kappa shape index (κ3) is 4.44. The summed E-state index contributed by atoms with van der Waals surface area (Å²) in [6.45, 7) is 2.99. The monoisotopic (exact) mass is 325 g/mol. The first-order chi connectivity index (χ1) is 10.1. The lowest BCUT2D eigenvalue weighted by molar-refractivity contribution is 0.527. The predicted molar refractivity (Wildman–Crippen MR) is 87.6 cm³/mol. The van der Waals surface area contributed by atoms with Crippen LogP contribution in [0.1, 0.15) is 30.5 Å². The molecule has 21 heavy (non-hydrogen) atoms. The highest BCUT2D eigenvalue weighted by molar-refractivity contribution is 6.36. The third-order valence-corrected chi connectivity index (χ3v) is 4.09. The lowest BCUT2D eigenvalue weighted by Crippen LogP contribution is -2.24. The summed E-state index contributed by atoms with van der Waals surface area (Å²) in [5.74, 6) is -0.233. The van der Waals surface area contributed by atoms with Crippen molar-refractivity contribution in [3.8, 4) is 0 Å². The molecule has 112 valence electrons. The first-order valence-electron chi connectivity index (χ1n) is 7.03. The van der Waals surface area contributed by atoms with Crippen molar-refractivity contribution in [3.05, 3.63) is 69.5 Å². The van der Waals surface area contributed by atoms with Crippen molar-refractivity contribution in [1.29, 1.82) is 0 Å². The smallest absolute Gasteiger partial charge is 0.123 e. The summed E-state index contributed by atoms with van der Waals surface area (Å²) in [6, 6.07) is 12.1. The molecule has 0 saturated heterocycles. The van der Waals surface area contributed by atoms with Crippen molar-refractivity contribution < 1.29 is 4.39 Å². The van der Waals surface area contributed by atoms with Crippen molar-refractivity contribution in [2.45, 2.75) is 25.8 Å². The quantitative estimate of drug-likeness (QED) is 0.748. The molecule has 1 atom stereocenters. The van der Waals surface area contributed by atoms with Crippen molar-refractivity contribution in [1.82, 2.24) is 5.32 Å². The third-order valence-electron chi connectivity index (χ3n) is 3.38. The Morgan fingerprint density at radius 1 is 1.05 bits per heavy atom. The fourth-order valence-electron chi connectivity index (χ4n) is 2.25. The molecule has 0 amide bonds. The fourth-order valence-corrected chi connectivity index (χ4v) is 2.80. The van der Waals surface area contributed by atoms with Gasteiger partial charge in [-0.15, -0.1) is 0 Å². The molecule has 1 N–H and O–H groups in total. The molecule has 0 aliphatic carbocycles. The zero-order valence-electron chi connectivity index (χ0n) is 11.9. The van der Waals surface area contributed by atoms with Crippen LogP contribution in [-0.2, 0) is 6.42 Å². The Kier molecular flexibility index (Phi) is 6.04. The molecule has 0 saturated carbocycles. The number of hydrogen-bond donors (Lipinski definition) is 1.